The Morgan fingerprint density at radius 2 is 1.03 bits per heavy atom. The van der Waals surface area contributed by atoms with Gasteiger partial charge in [0.05, 0.1) is 42.7 Å². The van der Waals surface area contributed by atoms with Gasteiger partial charge in [-0.15, -0.1) is 0 Å². The van der Waals surface area contributed by atoms with Gasteiger partial charge in [-0.1, -0.05) is 0 Å². The van der Waals surface area contributed by atoms with Gasteiger partial charge < -0.3 is 39.1 Å². The average Bonchev–Trinajstić information content (AvgIpc) is 2.93. The van der Waals surface area contributed by atoms with Crippen molar-refractivity contribution in [3.8, 4) is 34.5 Å². The van der Waals surface area contributed by atoms with E-state index in [2.05, 4.69) is 21.3 Å². The molecule has 0 aromatic heterocycles. The van der Waals surface area contributed by atoms with Crippen LogP contribution in [0.3, 0.4) is 0 Å². The number of ether oxygens (including phenoxy) is 6. The third-order valence-corrected chi connectivity index (χ3v) is 5.72. The zero-order chi connectivity index (χ0) is 29.1. The van der Waals surface area contributed by atoms with Gasteiger partial charge in [-0.05, 0) is 55.6 Å². The van der Waals surface area contributed by atoms with E-state index in [0.29, 0.717) is 34.5 Å². The maximum absolute atomic E-state index is 12.7. The summed E-state index contributed by atoms with van der Waals surface area (Å²) in [5.74, 6) is 1.12. The maximum Gasteiger partial charge on any atom is 0.257 e. The van der Waals surface area contributed by atoms with E-state index < -0.39 is 11.8 Å². The highest BCUT2D eigenvalue weighted by Crippen LogP contribution is 2.39. The van der Waals surface area contributed by atoms with E-state index >= 15 is 0 Å². The van der Waals surface area contributed by atoms with Crippen LogP contribution in [0.1, 0.15) is 27.6 Å². The summed E-state index contributed by atoms with van der Waals surface area (Å²) in [6, 6.07) is 5.78. The second kappa shape index (κ2) is 14.8. The molecule has 0 saturated carbocycles. The minimum atomic E-state index is -0.472. The summed E-state index contributed by atoms with van der Waals surface area (Å²) in [7, 11) is 8.76. The maximum atomic E-state index is 12.7. The third-order valence-electron chi connectivity index (χ3n) is 5.25. The van der Waals surface area contributed by atoms with Gasteiger partial charge in [-0.3, -0.25) is 20.2 Å². The lowest BCUT2D eigenvalue weighted by molar-refractivity contribution is 0.0967. The van der Waals surface area contributed by atoms with Crippen LogP contribution in [0.2, 0.25) is 0 Å². The van der Waals surface area contributed by atoms with Crippen LogP contribution in [0.25, 0.3) is 0 Å². The van der Waals surface area contributed by atoms with E-state index in [4.69, 9.17) is 52.9 Å². The molecule has 0 saturated heterocycles. The first kappa shape index (κ1) is 31.2. The molecule has 1 atom stereocenters. The normalized spacial score (nSPS) is 10.8. The standard InChI is InChI=1S/C25H32N4O8S2/c1-13(27-25(39)29-23(31)15-10-18(34-4)21(37-7)19(11-15)35-5)12-26-24(38)28-22(30)14-8-16(32-2)20(36-6)17(9-14)33-3/h8-11,13H,12H2,1-7H3,(H2,26,28,30,38)(H2,27,29,31,39)/t13-/m0/s1. The summed E-state index contributed by atoms with van der Waals surface area (Å²) in [5.41, 5.74) is 0.519. The van der Waals surface area contributed by atoms with Crippen molar-refractivity contribution < 1.29 is 38.0 Å². The van der Waals surface area contributed by atoms with Crippen molar-refractivity contribution in [1.29, 1.82) is 0 Å². The molecule has 0 fully saturated rings. The Kier molecular flexibility index (Phi) is 11.8. The van der Waals surface area contributed by atoms with Crippen molar-refractivity contribution >= 4 is 46.5 Å². The minimum Gasteiger partial charge on any atom is -0.493 e. The summed E-state index contributed by atoms with van der Waals surface area (Å²) in [6.07, 6.45) is 0. The number of rotatable bonds is 11. The number of hydrogen-bond donors (Lipinski definition) is 4. The molecule has 14 heteroatoms. The summed E-state index contributed by atoms with van der Waals surface area (Å²) in [5, 5.41) is 11.3. The second-order valence-electron chi connectivity index (χ2n) is 7.82. The lowest BCUT2D eigenvalue weighted by Gasteiger charge is -2.19. The quantitative estimate of drug-likeness (QED) is 0.290. The van der Waals surface area contributed by atoms with E-state index in [9.17, 15) is 9.59 Å². The lowest BCUT2D eigenvalue weighted by atomic mass is 10.1. The van der Waals surface area contributed by atoms with Crippen LogP contribution in [-0.2, 0) is 0 Å². The smallest absolute Gasteiger partial charge is 0.257 e. The van der Waals surface area contributed by atoms with E-state index in [-0.39, 0.29) is 33.9 Å². The Morgan fingerprint density at radius 1 is 0.667 bits per heavy atom. The van der Waals surface area contributed by atoms with Crippen molar-refractivity contribution in [3.05, 3.63) is 35.4 Å². The monoisotopic (exact) mass is 580 g/mol. The average molecular weight is 581 g/mol. The van der Waals surface area contributed by atoms with Gasteiger partial charge in [0, 0.05) is 23.7 Å². The number of hydrogen-bond acceptors (Lipinski definition) is 10. The van der Waals surface area contributed by atoms with Crippen LogP contribution in [0.4, 0.5) is 0 Å². The first-order valence-electron chi connectivity index (χ1n) is 11.4. The fourth-order valence-electron chi connectivity index (χ4n) is 3.38. The van der Waals surface area contributed by atoms with E-state index in [1.165, 1.54) is 66.9 Å². The Labute approximate surface area is 237 Å². The van der Waals surface area contributed by atoms with Gasteiger partial charge in [0.1, 0.15) is 0 Å². The predicted molar refractivity (Wildman–Crippen MR) is 153 cm³/mol. The first-order valence-corrected chi connectivity index (χ1v) is 12.2. The summed E-state index contributed by atoms with van der Waals surface area (Å²) in [6.45, 7) is 2.10. The molecule has 2 aromatic rings. The van der Waals surface area contributed by atoms with Crippen molar-refractivity contribution in [1.82, 2.24) is 21.3 Å². The highest BCUT2D eigenvalue weighted by atomic mass is 32.1. The lowest BCUT2D eigenvalue weighted by Crippen LogP contribution is -2.49. The van der Waals surface area contributed by atoms with Crippen molar-refractivity contribution in [3.63, 3.8) is 0 Å². The van der Waals surface area contributed by atoms with E-state index in [1.54, 1.807) is 0 Å². The van der Waals surface area contributed by atoms with E-state index in [0.717, 1.165) is 0 Å². The van der Waals surface area contributed by atoms with Crippen LogP contribution in [0.5, 0.6) is 34.5 Å². The molecule has 4 N–H and O–H groups in total. The fraction of sp³-hybridized carbons (Fsp3) is 0.360. The summed E-state index contributed by atoms with van der Waals surface area (Å²) in [4.78, 5) is 25.4. The topological polar surface area (TPSA) is 138 Å². The van der Waals surface area contributed by atoms with Crippen molar-refractivity contribution in [2.45, 2.75) is 13.0 Å². The number of methoxy groups -OCH3 is 6. The molecule has 212 valence electrons. The number of benzene rings is 2. The zero-order valence-electron chi connectivity index (χ0n) is 22.7. The predicted octanol–water partition coefficient (Wildman–Crippen LogP) is 2.04. The highest BCUT2D eigenvalue weighted by Gasteiger charge is 2.19. The van der Waals surface area contributed by atoms with E-state index in [1.807, 2.05) is 6.92 Å². The van der Waals surface area contributed by atoms with Crippen molar-refractivity contribution in [2.75, 3.05) is 49.2 Å². The molecule has 0 radical (unpaired) electrons. The van der Waals surface area contributed by atoms with Crippen LogP contribution >= 0.6 is 24.4 Å². The minimum absolute atomic E-state index is 0.0924. The molecular weight excluding hydrogens is 548 g/mol. The van der Waals surface area contributed by atoms with Gasteiger partial charge in [-0.25, -0.2) is 0 Å². The fourth-order valence-corrected chi connectivity index (χ4v) is 3.85. The number of carbonyl (C=O) groups excluding carboxylic acids is 2. The largest absolute Gasteiger partial charge is 0.493 e. The van der Waals surface area contributed by atoms with Gasteiger partial charge >= 0.3 is 0 Å². The Morgan fingerprint density at radius 3 is 1.36 bits per heavy atom. The second-order valence-corrected chi connectivity index (χ2v) is 8.64. The SMILES string of the molecule is COc1cc(C(=O)NC(=S)NC[C@H](C)NC(=S)NC(=O)c2cc(OC)c(OC)c(OC)c2)cc(OC)c1OC. The Bertz CT molecular complexity index is 1170. The van der Waals surface area contributed by atoms with Crippen molar-refractivity contribution in [2.24, 2.45) is 0 Å². The third kappa shape index (κ3) is 8.22. The molecule has 0 heterocycles. The molecule has 2 aromatic carbocycles. The molecule has 0 spiro atoms. The van der Waals surface area contributed by atoms with Gasteiger partial charge in [0.25, 0.3) is 11.8 Å². The van der Waals surface area contributed by atoms with Crippen LogP contribution in [0, 0.1) is 0 Å². The molecular formula is C25H32N4O8S2. The van der Waals surface area contributed by atoms with Crippen LogP contribution in [-0.4, -0.2) is 77.3 Å². The molecule has 0 unspecified atom stereocenters. The highest BCUT2D eigenvalue weighted by molar-refractivity contribution is 7.80. The Balaban J connectivity index is 1.92. The number of thiocarbonyl (C=S) groups is 2. The molecule has 2 amide bonds. The summed E-state index contributed by atoms with van der Waals surface area (Å²) >= 11 is 10.5. The Hall–Kier alpha value is -4.04. The van der Waals surface area contributed by atoms with Gasteiger partial charge in [-0.2, -0.15) is 0 Å². The molecule has 0 aliphatic heterocycles. The van der Waals surface area contributed by atoms with Crippen LogP contribution < -0.4 is 49.7 Å². The molecule has 0 aliphatic rings. The van der Waals surface area contributed by atoms with Gasteiger partial charge in [0.15, 0.2) is 33.2 Å². The molecule has 12 nitrogen and oxygen atoms in total. The molecule has 0 aliphatic carbocycles. The molecule has 0 bridgehead atoms. The first-order chi connectivity index (χ1) is 18.6. The van der Waals surface area contributed by atoms with Gasteiger partial charge in [0.2, 0.25) is 11.5 Å². The number of amides is 2. The zero-order valence-corrected chi connectivity index (χ0v) is 24.3. The summed E-state index contributed by atoms with van der Waals surface area (Å²) < 4.78 is 31.7. The van der Waals surface area contributed by atoms with Crippen LogP contribution in [0.15, 0.2) is 24.3 Å². The molecule has 39 heavy (non-hydrogen) atoms. The molecule has 2 rings (SSSR count). The number of nitrogens with one attached hydrogen (secondary N) is 4. The number of carbonyl (C=O) groups is 2.